The Bertz CT molecular complexity index is 485. The van der Waals surface area contributed by atoms with Crippen molar-refractivity contribution in [3.63, 3.8) is 0 Å². The van der Waals surface area contributed by atoms with Gasteiger partial charge in [0, 0.05) is 15.1 Å². The summed E-state index contributed by atoms with van der Waals surface area (Å²) in [7, 11) is 0. The largest absolute Gasteiger partial charge is 0.392 e. The molecule has 0 amide bonds. The summed E-state index contributed by atoms with van der Waals surface area (Å²) in [6.07, 6.45) is 0.827. The number of aliphatic hydroxyl groups excluding tert-OH is 1. The summed E-state index contributed by atoms with van der Waals surface area (Å²) in [6, 6.07) is 5.56. The van der Waals surface area contributed by atoms with E-state index in [4.69, 9.17) is 0 Å². The molecule has 3 heteroatoms. The molecule has 0 spiro atoms. The monoisotopic (exact) mass is 206 g/mol. The van der Waals surface area contributed by atoms with Crippen LogP contribution >= 0.6 is 11.3 Å². The quantitative estimate of drug-likeness (QED) is 0.766. The van der Waals surface area contributed by atoms with Crippen LogP contribution < -0.4 is 0 Å². The van der Waals surface area contributed by atoms with Crippen LogP contribution in [0.5, 0.6) is 0 Å². The van der Waals surface area contributed by atoms with E-state index in [1.165, 1.54) is 0 Å². The van der Waals surface area contributed by atoms with Crippen LogP contribution in [0, 0.1) is 6.92 Å². The van der Waals surface area contributed by atoms with E-state index in [-0.39, 0.29) is 6.61 Å². The molecule has 0 fully saturated rings. The third-order valence-electron chi connectivity index (χ3n) is 2.31. The van der Waals surface area contributed by atoms with Crippen molar-refractivity contribution >= 4 is 27.7 Å². The highest BCUT2D eigenvalue weighted by atomic mass is 32.1. The second-order valence-corrected chi connectivity index (χ2v) is 4.42. The highest BCUT2D eigenvalue weighted by Crippen LogP contribution is 2.31. The molecule has 0 radical (unpaired) electrons. The van der Waals surface area contributed by atoms with E-state index < -0.39 is 0 Å². The second kappa shape index (κ2) is 3.52. The average Bonchev–Trinajstić information content (AvgIpc) is 2.52. The summed E-state index contributed by atoms with van der Waals surface area (Å²) >= 11 is 1.65. The van der Waals surface area contributed by atoms with Gasteiger partial charge in [0.2, 0.25) is 0 Å². The minimum atomic E-state index is 0.0359. The summed E-state index contributed by atoms with van der Waals surface area (Å²) in [6.45, 7) is 2.02. The molecule has 1 N–H and O–H groups in total. The predicted molar refractivity (Wildman–Crippen MR) is 57.9 cm³/mol. The molecule has 2 rings (SSSR count). The number of hydrogen-bond donors (Lipinski definition) is 1. The summed E-state index contributed by atoms with van der Waals surface area (Å²) in [5.41, 5.74) is 1.60. The third-order valence-corrected chi connectivity index (χ3v) is 3.44. The molecular formula is C11H10O2S. The topological polar surface area (TPSA) is 37.3 Å². The molecule has 2 nitrogen and oxygen atoms in total. The van der Waals surface area contributed by atoms with E-state index in [1.54, 1.807) is 17.4 Å². The van der Waals surface area contributed by atoms with Crippen LogP contribution in [0.1, 0.15) is 20.8 Å². The number of benzene rings is 1. The lowest BCUT2D eigenvalue weighted by molar-refractivity contribution is 0.112. The molecule has 0 aliphatic carbocycles. The molecule has 0 unspecified atom stereocenters. The Morgan fingerprint density at radius 3 is 2.93 bits per heavy atom. The molecule has 0 bridgehead atoms. The van der Waals surface area contributed by atoms with E-state index in [0.717, 1.165) is 26.8 Å². The lowest BCUT2D eigenvalue weighted by Crippen LogP contribution is -1.84. The SMILES string of the molecule is Cc1sc2ccc(C=O)cc2c1CO. The highest BCUT2D eigenvalue weighted by molar-refractivity contribution is 7.19. The van der Waals surface area contributed by atoms with Gasteiger partial charge < -0.3 is 5.11 Å². The van der Waals surface area contributed by atoms with Gasteiger partial charge in [0.05, 0.1) is 6.61 Å². The summed E-state index contributed by atoms with van der Waals surface area (Å²) in [4.78, 5) is 11.7. The lowest BCUT2D eigenvalue weighted by atomic mass is 10.1. The zero-order chi connectivity index (χ0) is 10.1. The number of carbonyl (C=O) groups excluding carboxylic acids is 1. The first-order valence-electron chi connectivity index (χ1n) is 4.34. The minimum absolute atomic E-state index is 0.0359. The van der Waals surface area contributed by atoms with Crippen LogP contribution in [0.4, 0.5) is 0 Å². The Labute approximate surface area is 85.8 Å². The molecule has 0 aliphatic heterocycles. The Balaban J connectivity index is 2.77. The van der Waals surface area contributed by atoms with E-state index in [0.29, 0.717) is 5.56 Å². The zero-order valence-corrected chi connectivity index (χ0v) is 8.60. The van der Waals surface area contributed by atoms with Crippen molar-refractivity contribution in [1.82, 2.24) is 0 Å². The highest BCUT2D eigenvalue weighted by Gasteiger charge is 2.07. The van der Waals surface area contributed by atoms with Gasteiger partial charge in [-0.25, -0.2) is 0 Å². The average molecular weight is 206 g/mol. The number of rotatable bonds is 2. The zero-order valence-electron chi connectivity index (χ0n) is 7.78. The molecule has 1 heterocycles. The van der Waals surface area contributed by atoms with Gasteiger partial charge in [-0.15, -0.1) is 11.3 Å². The Morgan fingerprint density at radius 2 is 2.29 bits per heavy atom. The van der Waals surface area contributed by atoms with Crippen molar-refractivity contribution in [2.24, 2.45) is 0 Å². The number of aldehydes is 1. The van der Waals surface area contributed by atoms with Crippen LogP contribution in [0.15, 0.2) is 18.2 Å². The van der Waals surface area contributed by atoms with Crippen molar-refractivity contribution in [2.75, 3.05) is 0 Å². The number of hydrogen-bond acceptors (Lipinski definition) is 3. The molecule has 0 aliphatic rings. The summed E-state index contributed by atoms with van der Waals surface area (Å²) in [5.74, 6) is 0. The fourth-order valence-corrected chi connectivity index (χ4v) is 2.61. The van der Waals surface area contributed by atoms with Crippen LogP contribution in [0.2, 0.25) is 0 Å². The first-order valence-corrected chi connectivity index (χ1v) is 5.16. The van der Waals surface area contributed by atoms with E-state index in [9.17, 15) is 9.90 Å². The fourth-order valence-electron chi connectivity index (χ4n) is 1.56. The van der Waals surface area contributed by atoms with E-state index in [1.807, 2.05) is 19.1 Å². The predicted octanol–water partition coefficient (Wildman–Crippen LogP) is 2.51. The molecule has 2 aromatic rings. The molecular weight excluding hydrogens is 196 g/mol. The maximum absolute atomic E-state index is 10.6. The maximum atomic E-state index is 10.6. The smallest absolute Gasteiger partial charge is 0.150 e. The number of thiophene rings is 1. The standard InChI is InChI=1S/C11H10O2S/c1-7-10(6-13)9-4-8(5-12)2-3-11(9)14-7/h2-5,13H,6H2,1H3. The van der Waals surface area contributed by atoms with Crippen molar-refractivity contribution in [1.29, 1.82) is 0 Å². The van der Waals surface area contributed by atoms with Crippen LogP contribution in [0.3, 0.4) is 0 Å². The van der Waals surface area contributed by atoms with Gasteiger partial charge in [-0.2, -0.15) is 0 Å². The Hall–Kier alpha value is -1.19. The van der Waals surface area contributed by atoms with Crippen molar-refractivity contribution < 1.29 is 9.90 Å². The molecule has 72 valence electrons. The number of aryl methyl sites for hydroxylation is 1. The van der Waals surface area contributed by atoms with Crippen molar-refractivity contribution in [3.05, 3.63) is 34.2 Å². The maximum Gasteiger partial charge on any atom is 0.150 e. The van der Waals surface area contributed by atoms with Gasteiger partial charge in [-0.3, -0.25) is 4.79 Å². The van der Waals surface area contributed by atoms with Gasteiger partial charge >= 0.3 is 0 Å². The Kier molecular flexibility index (Phi) is 2.35. The first-order chi connectivity index (χ1) is 6.76. The fraction of sp³-hybridized carbons (Fsp3) is 0.182. The Morgan fingerprint density at radius 1 is 1.50 bits per heavy atom. The van der Waals surface area contributed by atoms with Gasteiger partial charge in [-0.1, -0.05) is 6.07 Å². The van der Waals surface area contributed by atoms with E-state index >= 15 is 0 Å². The number of carbonyl (C=O) groups is 1. The summed E-state index contributed by atoms with van der Waals surface area (Å²) in [5, 5.41) is 10.2. The minimum Gasteiger partial charge on any atom is -0.392 e. The van der Waals surface area contributed by atoms with Gasteiger partial charge in [0.25, 0.3) is 0 Å². The molecule has 14 heavy (non-hydrogen) atoms. The molecule has 0 saturated heterocycles. The van der Waals surface area contributed by atoms with Gasteiger partial charge in [0.15, 0.2) is 0 Å². The first kappa shape index (κ1) is 9.37. The number of aliphatic hydroxyl groups is 1. The molecule has 1 aromatic heterocycles. The summed E-state index contributed by atoms with van der Waals surface area (Å²) < 4.78 is 1.12. The third kappa shape index (κ3) is 1.35. The van der Waals surface area contributed by atoms with Gasteiger partial charge in [0.1, 0.15) is 6.29 Å². The van der Waals surface area contributed by atoms with Crippen molar-refractivity contribution in [2.45, 2.75) is 13.5 Å². The van der Waals surface area contributed by atoms with Crippen LogP contribution in [-0.2, 0) is 6.61 Å². The molecule has 0 saturated carbocycles. The van der Waals surface area contributed by atoms with E-state index in [2.05, 4.69) is 0 Å². The molecule has 0 atom stereocenters. The van der Waals surface area contributed by atoms with Crippen molar-refractivity contribution in [3.8, 4) is 0 Å². The normalized spacial score (nSPS) is 10.7. The lowest BCUT2D eigenvalue weighted by Gasteiger charge is -1.95. The van der Waals surface area contributed by atoms with Crippen LogP contribution in [0.25, 0.3) is 10.1 Å². The molecule has 1 aromatic carbocycles. The van der Waals surface area contributed by atoms with Gasteiger partial charge in [-0.05, 0) is 30.0 Å². The second-order valence-electron chi connectivity index (χ2n) is 3.17. The van der Waals surface area contributed by atoms with Crippen LogP contribution in [-0.4, -0.2) is 11.4 Å². The number of fused-ring (bicyclic) bond motifs is 1.